The number of halogens is 1. The van der Waals surface area contributed by atoms with Crippen LogP contribution < -0.4 is 5.32 Å². The van der Waals surface area contributed by atoms with E-state index in [4.69, 9.17) is 11.6 Å². The van der Waals surface area contributed by atoms with E-state index in [1.54, 1.807) is 31.2 Å². The van der Waals surface area contributed by atoms with Crippen LogP contribution in [0.25, 0.3) is 0 Å². The van der Waals surface area contributed by atoms with E-state index in [0.717, 1.165) is 6.42 Å². The molecule has 6 heteroatoms. The van der Waals surface area contributed by atoms with Crippen molar-refractivity contribution in [3.63, 3.8) is 0 Å². The Labute approximate surface area is 156 Å². The molecule has 1 N–H and O–H groups in total. The van der Waals surface area contributed by atoms with Crippen LogP contribution in [0.15, 0.2) is 36.4 Å². The predicted octanol–water partition coefficient (Wildman–Crippen LogP) is 2.72. The molecule has 1 aromatic rings. The molecule has 1 heterocycles. The fraction of sp³-hybridized carbons (Fsp3) is 0.450. The number of rotatable bonds is 3. The van der Waals surface area contributed by atoms with Crippen LogP contribution in [0.1, 0.15) is 13.3 Å². The fourth-order valence-electron chi connectivity index (χ4n) is 5.29. The van der Waals surface area contributed by atoms with Gasteiger partial charge in [-0.15, -0.1) is 0 Å². The van der Waals surface area contributed by atoms with Gasteiger partial charge in [-0.2, -0.15) is 0 Å². The third-order valence-corrected chi connectivity index (χ3v) is 6.79. The first-order valence-corrected chi connectivity index (χ1v) is 9.47. The normalized spacial score (nSPS) is 37.4. The van der Waals surface area contributed by atoms with Crippen molar-refractivity contribution in [2.24, 2.45) is 35.5 Å². The van der Waals surface area contributed by atoms with Crippen molar-refractivity contribution in [3.05, 3.63) is 41.4 Å². The van der Waals surface area contributed by atoms with Gasteiger partial charge in [-0.05, 0) is 55.2 Å². The van der Waals surface area contributed by atoms with E-state index in [0.29, 0.717) is 22.5 Å². The standard InChI is InChI=1S/C20H19ClN2O3/c1-9(18(24)22-11-4-2-3-10(21)7-11)23-19(25)16-12-5-6-13(15-8-14(12)15)17(16)20(23)26/h2-7,9,12-17H,8H2,1H3,(H,22,24)/t9-,12+,13+,14+,15+,16-,17+/m0/s1. The number of anilines is 1. The Morgan fingerprint density at radius 2 is 1.77 bits per heavy atom. The molecule has 4 aliphatic carbocycles. The molecule has 5 aliphatic rings. The lowest BCUT2D eigenvalue weighted by molar-refractivity contribution is -0.146. The summed E-state index contributed by atoms with van der Waals surface area (Å²) in [5.74, 6) is 0.150. The summed E-state index contributed by atoms with van der Waals surface area (Å²) in [5.41, 5.74) is 0.550. The molecule has 2 saturated carbocycles. The lowest BCUT2D eigenvalue weighted by atomic mass is 9.63. The number of amides is 3. The van der Waals surface area contributed by atoms with Gasteiger partial charge in [0.25, 0.3) is 0 Å². The van der Waals surface area contributed by atoms with Gasteiger partial charge in [0.15, 0.2) is 0 Å². The molecule has 3 fully saturated rings. The summed E-state index contributed by atoms with van der Waals surface area (Å²) in [5, 5.41) is 3.26. The second kappa shape index (κ2) is 5.43. The number of likely N-dealkylation sites (tertiary alicyclic amines) is 1. The van der Waals surface area contributed by atoms with Gasteiger partial charge >= 0.3 is 0 Å². The number of benzene rings is 1. The average molecular weight is 371 g/mol. The summed E-state index contributed by atoms with van der Waals surface area (Å²) >= 11 is 5.94. The molecule has 5 nitrogen and oxygen atoms in total. The Balaban J connectivity index is 1.38. The lowest BCUT2D eigenvalue weighted by Gasteiger charge is -2.37. The Kier molecular flexibility index (Phi) is 3.35. The first kappa shape index (κ1) is 16.1. The molecule has 0 aromatic heterocycles. The van der Waals surface area contributed by atoms with Crippen molar-refractivity contribution in [1.82, 2.24) is 4.90 Å². The van der Waals surface area contributed by atoms with Crippen LogP contribution in [0, 0.1) is 35.5 Å². The van der Waals surface area contributed by atoms with Gasteiger partial charge in [-0.25, -0.2) is 0 Å². The third-order valence-electron chi connectivity index (χ3n) is 6.56. The zero-order chi connectivity index (χ0) is 18.2. The Hall–Kier alpha value is -2.14. The molecule has 7 atom stereocenters. The van der Waals surface area contributed by atoms with Crippen LogP contribution in [-0.2, 0) is 14.4 Å². The van der Waals surface area contributed by atoms with Gasteiger partial charge in [-0.1, -0.05) is 29.8 Å². The van der Waals surface area contributed by atoms with E-state index in [2.05, 4.69) is 17.5 Å². The van der Waals surface area contributed by atoms with Crippen molar-refractivity contribution >= 4 is 35.0 Å². The lowest BCUT2D eigenvalue weighted by Crippen LogP contribution is -2.46. The Bertz CT molecular complexity index is 830. The van der Waals surface area contributed by atoms with Crippen molar-refractivity contribution < 1.29 is 14.4 Å². The molecular formula is C20H19ClN2O3. The SMILES string of the molecule is C[C@@H](C(=O)Nc1cccc(Cl)c1)N1C(=O)[C@@H]2[C@@H]3C=C[C@H]([C@H]4C[C@H]34)[C@@H]2C1=O. The molecule has 26 heavy (non-hydrogen) atoms. The van der Waals surface area contributed by atoms with Crippen LogP contribution in [0.4, 0.5) is 5.69 Å². The quantitative estimate of drug-likeness (QED) is 0.657. The molecule has 0 radical (unpaired) electrons. The maximum atomic E-state index is 13.0. The van der Waals surface area contributed by atoms with E-state index >= 15 is 0 Å². The fourth-order valence-corrected chi connectivity index (χ4v) is 5.48. The minimum atomic E-state index is -0.838. The summed E-state index contributed by atoms with van der Waals surface area (Å²) in [6.45, 7) is 1.61. The second-order valence-electron chi connectivity index (χ2n) is 7.88. The summed E-state index contributed by atoms with van der Waals surface area (Å²) in [4.78, 5) is 39.9. The highest BCUT2D eigenvalue weighted by Gasteiger charge is 2.67. The topological polar surface area (TPSA) is 66.5 Å². The Morgan fingerprint density at radius 1 is 1.15 bits per heavy atom. The van der Waals surface area contributed by atoms with Gasteiger partial charge in [0.1, 0.15) is 6.04 Å². The number of nitrogens with one attached hydrogen (secondary N) is 1. The minimum Gasteiger partial charge on any atom is -0.324 e. The minimum absolute atomic E-state index is 0.166. The van der Waals surface area contributed by atoms with Gasteiger partial charge in [0.05, 0.1) is 11.8 Å². The molecule has 0 spiro atoms. The Morgan fingerprint density at radius 3 is 2.35 bits per heavy atom. The largest absolute Gasteiger partial charge is 0.324 e. The van der Waals surface area contributed by atoms with Gasteiger partial charge in [0.2, 0.25) is 17.7 Å². The molecule has 3 amide bonds. The maximum Gasteiger partial charge on any atom is 0.247 e. The highest BCUT2D eigenvalue weighted by atomic mass is 35.5. The van der Waals surface area contributed by atoms with Crippen molar-refractivity contribution in [1.29, 1.82) is 0 Å². The van der Waals surface area contributed by atoms with E-state index < -0.39 is 6.04 Å². The summed E-state index contributed by atoms with van der Waals surface area (Å²) in [7, 11) is 0. The first-order chi connectivity index (χ1) is 12.5. The van der Waals surface area contributed by atoms with Crippen LogP contribution in [-0.4, -0.2) is 28.7 Å². The van der Waals surface area contributed by atoms with Crippen molar-refractivity contribution in [2.75, 3.05) is 5.32 Å². The summed E-state index contributed by atoms with van der Waals surface area (Å²) in [6.07, 6.45) is 5.39. The number of carbonyl (C=O) groups excluding carboxylic acids is 3. The van der Waals surface area contributed by atoms with E-state index in [-0.39, 0.29) is 41.4 Å². The number of imide groups is 1. The number of carbonyl (C=O) groups is 3. The summed E-state index contributed by atoms with van der Waals surface area (Å²) < 4.78 is 0. The first-order valence-electron chi connectivity index (χ1n) is 9.09. The van der Waals surface area contributed by atoms with Gasteiger partial charge in [-0.3, -0.25) is 19.3 Å². The van der Waals surface area contributed by atoms with Gasteiger partial charge < -0.3 is 5.32 Å². The molecule has 1 aliphatic heterocycles. The highest BCUT2D eigenvalue weighted by Crippen LogP contribution is 2.65. The highest BCUT2D eigenvalue weighted by molar-refractivity contribution is 6.30. The van der Waals surface area contributed by atoms with Crippen LogP contribution in [0.3, 0.4) is 0 Å². The molecule has 1 saturated heterocycles. The molecule has 0 unspecified atom stereocenters. The third kappa shape index (κ3) is 2.13. The smallest absolute Gasteiger partial charge is 0.247 e. The van der Waals surface area contributed by atoms with E-state index in [1.165, 1.54) is 4.90 Å². The zero-order valence-electron chi connectivity index (χ0n) is 14.3. The molecule has 6 rings (SSSR count). The number of nitrogens with zero attached hydrogens (tertiary/aromatic N) is 1. The zero-order valence-corrected chi connectivity index (χ0v) is 15.0. The monoisotopic (exact) mass is 370 g/mol. The predicted molar refractivity (Wildman–Crippen MR) is 96.1 cm³/mol. The maximum absolute atomic E-state index is 13.0. The number of hydrogen-bond donors (Lipinski definition) is 1. The van der Waals surface area contributed by atoms with E-state index in [9.17, 15) is 14.4 Å². The average Bonchev–Trinajstić information content (AvgIpc) is 3.39. The van der Waals surface area contributed by atoms with Crippen molar-refractivity contribution in [2.45, 2.75) is 19.4 Å². The molecule has 2 bridgehead atoms. The number of hydrogen-bond acceptors (Lipinski definition) is 3. The molecule has 1 aromatic carbocycles. The number of allylic oxidation sites excluding steroid dienone is 2. The van der Waals surface area contributed by atoms with Gasteiger partial charge in [0, 0.05) is 10.7 Å². The van der Waals surface area contributed by atoms with Crippen LogP contribution >= 0.6 is 11.6 Å². The van der Waals surface area contributed by atoms with E-state index in [1.807, 2.05) is 0 Å². The molecular weight excluding hydrogens is 352 g/mol. The van der Waals surface area contributed by atoms with Crippen LogP contribution in [0.5, 0.6) is 0 Å². The van der Waals surface area contributed by atoms with Crippen LogP contribution in [0.2, 0.25) is 5.02 Å². The summed E-state index contributed by atoms with van der Waals surface area (Å²) in [6, 6.07) is 5.97. The van der Waals surface area contributed by atoms with Crippen molar-refractivity contribution in [3.8, 4) is 0 Å². The molecule has 134 valence electrons. The second-order valence-corrected chi connectivity index (χ2v) is 8.31.